The second kappa shape index (κ2) is 6.33. The van der Waals surface area contributed by atoms with Crippen LogP contribution in [-0.2, 0) is 11.2 Å². The Balaban J connectivity index is 1.97. The molecule has 6 nitrogen and oxygen atoms in total. The smallest absolute Gasteiger partial charge is 0.176 e. The molecule has 0 amide bonds. The van der Waals surface area contributed by atoms with Crippen LogP contribution in [0.2, 0.25) is 0 Å². The molecular formula is C16H22N2O4S. The van der Waals surface area contributed by atoms with Crippen LogP contribution in [-0.4, -0.2) is 57.6 Å². The van der Waals surface area contributed by atoms with Gasteiger partial charge in [0.15, 0.2) is 11.3 Å². The molecule has 7 heteroatoms. The molecule has 2 fully saturated rings. The summed E-state index contributed by atoms with van der Waals surface area (Å²) in [5, 5.41) is 33.0. The molecular weight excluding hydrogens is 316 g/mol. The van der Waals surface area contributed by atoms with Gasteiger partial charge in [-0.05, 0) is 36.7 Å². The first-order valence-corrected chi connectivity index (χ1v) is 8.21. The van der Waals surface area contributed by atoms with Gasteiger partial charge in [-0.1, -0.05) is 25.1 Å². The molecule has 2 aliphatic heterocycles. The zero-order chi connectivity index (χ0) is 16.7. The molecule has 5 atom stereocenters. The second-order valence-corrected chi connectivity index (χ2v) is 6.40. The number of thiocarbonyl (C=S) groups is 1. The number of benzene rings is 1. The predicted molar refractivity (Wildman–Crippen MR) is 90.3 cm³/mol. The Hall–Kier alpha value is -1.25. The van der Waals surface area contributed by atoms with E-state index in [1.807, 2.05) is 30.0 Å². The fourth-order valence-electron chi connectivity index (χ4n) is 3.41. The van der Waals surface area contributed by atoms with Gasteiger partial charge in [0.2, 0.25) is 0 Å². The van der Waals surface area contributed by atoms with E-state index in [0.717, 1.165) is 23.2 Å². The van der Waals surface area contributed by atoms with E-state index in [1.165, 1.54) is 0 Å². The molecule has 0 saturated carbocycles. The van der Waals surface area contributed by atoms with Crippen molar-refractivity contribution in [2.75, 3.05) is 11.5 Å². The summed E-state index contributed by atoms with van der Waals surface area (Å²) in [5.74, 6) is 0. The van der Waals surface area contributed by atoms with Crippen molar-refractivity contribution in [1.82, 2.24) is 5.32 Å². The number of anilines is 1. The number of rotatable bonds is 4. The molecule has 0 aliphatic carbocycles. The van der Waals surface area contributed by atoms with Crippen LogP contribution in [0, 0.1) is 6.92 Å². The molecule has 0 bridgehead atoms. The average Bonchev–Trinajstić information content (AvgIpc) is 3.02. The van der Waals surface area contributed by atoms with Gasteiger partial charge >= 0.3 is 0 Å². The number of hydrogen-bond donors (Lipinski definition) is 4. The lowest BCUT2D eigenvalue weighted by molar-refractivity contribution is -0.0798. The van der Waals surface area contributed by atoms with Crippen molar-refractivity contribution in [3.05, 3.63) is 29.3 Å². The molecule has 0 radical (unpaired) electrons. The number of fused-ring (bicyclic) bond motifs is 1. The van der Waals surface area contributed by atoms with Crippen molar-refractivity contribution >= 4 is 23.0 Å². The standard InChI is InChI=1S/C16H22N2O4S/c1-3-9-6-4-5-8(2)12(9)18-15-11(17-16(18)23)13(21)14(22-15)10(20)7-19/h4-6,10-11,13-15,19-21H,3,7H2,1-2H3,(H,17,23)/t10-,11-,13-,14-,15+/m1/s1. The van der Waals surface area contributed by atoms with Crippen LogP contribution in [0.5, 0.6) is 0 Å². The third-order valence-electron chi connectivity index (χ3n) is 4.58. The van der Waals surface area contributed by atoms with E-state index in [1.54, 1.807) is 0 Å². The Bertz CT molecular complexity index is 612. The van der Waals surface area contributed by atoms with Crippen LogP contribution >= 0.6 is 12.2 Å². The van der Waals surface area contributed by atoms with Crippen LogP contribution < -0.4 is 10.2 Å². The van der Waals surface area contributed by atoms with E-state index in [0.29, 0.717) is 5.11 Å². The summed E-state index contributed by atoms with van der Waals surface area (Å²) >= 11 is 5.44. The summed E-state index contributed by atoms with van der Waals surface area (Å²) in [5.41, 5.74) is 3.18. The van der Waals surface area contributed by atoms with E-state index < -0.39 is 37.2 Å². The maximum atomic E-state index is 10.4. The lowest BCUT2D eigenvalue weighted by Crippen LogP contribution is -2.45. The topological polar surface area (TPSA) is 85.2 Å². The number of aryl methyl sites for hydroxylation is 2. The van der Waals surface area contributed by atoms with Crippen LogP contribution in [0.25, 0.3) is 0 Å². The highest BCUT2D eigenvalue weighted by Gasteiger charge is 2.54. The number of ether oxygens (including phenoxy) is 1. The SMILES string of the molecule is CCc1cccc(C)c1N1C(=S)N[C@@H]2[C@@H](O)[C@@H]([C@H](O)CO)O[C@@H]21. The van der Waals surface area contributed by atoms with Crippen molar-refractivity contribution in [1.29, 1.82) is 0 Å². The van der Waals surface area contributed by atoms with E-state index in [4.69, 9.17) is 22.1 Å². The predicted octanol–water partition coefficient (Wildman–Crippen LogP) is 0.0595. The minimum Gasteiger partial charge on any atom is -0.394 e. The Morgan fingerprint density at radius 3 is 2.83 bits per heavy atom. The fraction of sp³-hybridized carbons (Fsp3) is 0.562. The van der Waals surface area contributed by atoms with Gasteiger partial charge < -0.3 is 25.4 Å². The normalized spacial score (nSPS) is 31.2. The minimum absolute atomic E-state index is 0.432. The number of para-hydroxylation sites is 1. The first kappa shape index (κ1) is 16.6. The van der Waals surface area contributed by atoms with Crippen LogP contribution in [0.1, 0.15) is 18.1 Å². The summed E-state index contributed by atoms with van der Waals surface area (Å²) < 4.78 is 5.86. The highest BCUT2D eigenvalue weighted by Crippen LogP contribution is 2.37. The Kier molecular flexibility index (Phi) is 4.57. The van der Waals surface area contributed by atoms with E-state index in [2.05, 4.69) is 12.2 Å². The van der Waals surface area contributed by atoms with Gasteiger partial charge in [-0.15, -0.1) is 0 Å². The van der Waals surface area contributed by atoms with Gasteiger partial charge in [-0.2, -0.15) is 0 Å². The van der Waals surface area contributed by atoms with Gasteiger partial charge in [-0.25, -0.2) is 0 Å². The summed E-state index contributed by atoms with van der Waals surface area (Å²) in [6, 6.07) is 5.63. The van der Waals surface area contributed by atoms with Crippen LogP contribution in [0.4, 0.5) is 5.69 Å². The zero-order valence-electron chi connectivity index (χ0n) is 13.1. The molecule has 2 heterocycles. The molecule has 0 aromatic heterocycles. The van der Waals surface area contributed by atoms with E-state index >= 15 is 0 Å². The first-order valence-electron chi connectivity index (χ1n) is 7.80. The van der Waals surface area contributed by atoms with Gasteiger partial charge in [0.1, 0.15) is 24.4 Å². The molecule has 0 unspecified atom stereocenters. The molecule has 1 aromatic carbocycles. The third-order valence-corrected chi connectivity index (χ3v) is 4.90. The number of hydrogen-bond acceptors (Lipinski definition) is 5. The Morgan fingerprint density at radius 2 is 2.17 bits per heavy atom. The van der Waals surface area contributed by atoms with Crippen molar-refractivity contribution in [3.8, 4) is 0 Å². The second-order valence-electron chi connectivity index (χ2n) is 6.01. The largest absolute Gasteiger partial charge is 0.394 e. The van der Waals surface area contributed by atoms with E-state index in [9.17, 15) is 10.2 Å². The zero-order valence-corrected chi connectivity index (χ0v) is 14.0. The van der Waals surface area contributed by atoms with Crippen LogP contribution in [0.3, 0.4) is 0 Å². The molecule has 3 rings (SSSR count). The van der Waals surface area contributed by atoms with Crippen molar-refractivity contribution in [3.63, 3.8) is 0 Å². The summed E-state index contributed by atoms with van der Waals surface area (Å²) in [7, 11) is 0. The number of nitrogens with one attached hydrogen (secondary N) is 1. The molecule has 23 heavy (non-hydrogen) atoms. The van der Waals surface area contributed by atoms with E-state index in [-0.39, 0.29) is 0 Å². The maximum absolute atomic E-state index is 10.4. The quantitative estimate of drug-likeness (QED) is 0.578. The van der Waals surface area contributed by atoms with Gasteiger partial charge in [0, 0.05) is 0 Å². The molecule has 0 spiro atoms. The molecule has 126 valence electrons. The monoisotopic (exact) mass is 338 g/mol. The van der Waals surface area contributed by atoms with Gasteiger partial charge in [0.25, 0.3) is 0 Å². The fourth-order valence-corrected chi connectivity index (χ4v) is 3.74. The summed E-state index contributed by atoms with van der Waals surface area (Å²) in [4.78, 5) is 1.88. The van der Waals surface area contributed by atoms with Gasteiger partial charge in [-0.3, -0.25) is 4.90 Å². The third kappa shape index (κ3) is 2.62. The summed E-state index contributed by atoms with van der Waals surface area (Å²) in [6.45, 7) is 3.62. The van der Waals surface area contributed by atoms with Gasteiger partial charge in [0.05, 0.1) is 12.3 Å². The maximum Gasteiger partial charge on any atom is 0.176 e. The first-order chi connectivity index (χ1) is 11.0. The molecule has 4 N–H and O–H groups in total. The van der Waals surface area contributed by atoms with Crippen LogP contribution in [0.15, 0.2) is 18.2 Å². The molecule has 2 saturated heterocycles. The number of aliphatic hydroxyl groups excluding tert-OH is 3. The van der Waals surface area contributed by atoms with Crippen molar-refractivity contribution in [2.45, 2.75) is 50.8 Å². The highest BCUT2D eigenvalue weighted by molar-refractivity contribution is 7.80. The number of aliphatic hydroxyl groups is 3. The highest BCUT2D eigenvalue weighted by atomic mass is 32.1. The lowest BCUT2D eigenvalue weighted by Gasteiger charge is -2.29. The average molecular weight is 338 g/mol. The number of nitrogens with zero attached hydrogens (tertiary/aromatic N) is 1. The minimum atomic E-state index is -1.13. The Morgan fingerprint density at radius 1 is 1.43 bits per heavy atom. The van der Waals surface area contributed by atoms with Crippen molar-refractivity contribution < 1.29 is 20.1 Å². The summed E-state index contributed by atoms with van der Waals surface area (Å²) in [6.07, 6.45) is -2.58. The lowest BCUT2D eigenvalue weighted by atomic mass is 10.0. The molecule has 1 aromatic rings. The molecule has 2 aliphatic rings. The Labute approximate surface area is 140 Å². The van der Waals surface area contributed by atoms with Crippen molar-refractivity contribution in [2.24, 2.45) is 0 Å².